The van der Waals surface area contributed by atoms with E-state index in [9.17, 15) is 8.42 Å². The van der Waals surface area contributed by atoms with Crippen molar-refractivity contribution >= 4 is 21.6 Å². The molecule has 0 amide bonds. The Balaban J connectivity index is 3.02. The number of benzene rings is 1. The van der Waals surface area contributed by atoms with Crippen molar-refractivity contribution in [3.8, 4) is 0 Å². The van der Waals surface area contributed by atoms with Gasteiger partial charge in [0.15, 0.2) is 0 Å². The van der Waals surface area contributed by atoms with E-state index in [2.05, 4.69) is 4.72 Å². The quantitative estimate of drug-likeness (QED) is 0.845. The summed E-state index contributed by atoms with van der Waals surface area (Å²) in [5, 5.41) is -0.222. The normalized spacial score (nSPS) is 13.8. The maximum Gasteiger partial charge on any atom is 0.240 e. The molecule has 1 aromatic carbocycles. The molecular formula is C11H16ClNO2S. The zero-order valence-electron chi connectivity index (χ0n) is 9.62. The van der Waals surface area contributed by atoms with Gasteiger partial charge in [-0.15, -0.1) is 11.6 Å². The first-order valence-electron chi connectivity index (χ1n) is 5.04. The van der Waals surface area contributed by atoms with Gasteiger partial charge < -0.3 is 0 Å². The Morgan fingerprint density at radius 1 is 1.38 bits per heavy atom. The van der Waals surface area contributed by atoms with E-state index in [1.807, 2.05) is 13.0 Å². The number of halogens is 1. The molecule has 0 aliphatic heterocycles. The van der Waals surface area contributed by atoms with E-state index in [1.54, 1.807) is 26.0 Å². The zero-order chi connectivity index (χ0) is 12.3. The molecule has 0 radical (unpaired) electrons. The second-order valence-corrected chi connectivity index (χ2v) is 6.38. The van der Waals surface area contributed by atoms with Crippen LogP contribution in [0.25, 0.3) is 0 Å². The number of nitrogens with one attached hydrogen (secondary N) is 1. The van der Waals surface area contributed by atoms with E-state index in [4.69, 9.17) is 11.6 Å². The van der Waals surface area contributed by atoms with Gasteiger partial charge in [-0.2, -0.15) is 0 Å². The number of hydrogen-bond acceptors (Lipinski definition) is 2. The molecule has 0 aromatic heterocycles. The van der Waals surface area contributed by atoms with Gasteiger partial charge in [0.25, 0.3) is 0 Å². The van der Waals surface area contributed by atoms with Gasteiger partial charge in [0.05, 0.1) is 4.90 Å². The number of alkyl halides is 1. The summed E-state index contributed by atoms with van der Waals surface area (Å²) in [6.07, 6.45) is 0. The molecule has 0 saturated carbocycles. The van der Waals surface area contributed by atoms with Crippen LogP contribution in [0.1, 0.15) is 18.1 Å². The van der Waals surface area contributed by atoms with Gasteiger partial charge in [-0.05, 0) is 38.0 Å². The Kier molecular flexibility index (Phi) is 4.35. The lowest BCUT2D eigenvalue weighted by Crippen LogP contribution is -2.29. The highest BCUT2D eigenvalue weighted by Gasteiger charge is 2.16. The summed E-state index contributed by atoms with van der Waals surface area (Å²) in [5.74, 6) is 0. The van der Waals surface area contributed by atoms with Crippen molar-refractivity contribution in [1.29, 1.82) is 0 Å². The first-order valence-corrected chi connectivity index (χ1v) is 6.96. The van der Waals surface area contributed by atoms with Crippen molar-refractivity contribution < 1.29 is 8.42 Å². The Morgan fingerprint density at radius 3 is 2.56 bits per heavy atom. The molecular weight excluding hydrogens is 246 g/mol. The molecule has 0 spiro atoms. The van der Waals surface area contributed by atoms with Crippen molar-refractivity contribution in [2.24, 2.45) is 0 Å². The van der Waals surface area contributed by atoms with E-state index in [0.29, 0.717) is 4.90 Å². The van der Waals surface area contributed by atoms with E-state index >= 15 is 0 Å². The van der Waals surface area contributed by atoms with Crippen LogP contribution < -0.4 is 4.72 Å². The minimum atomic E-state index is -3.44. The van der Waals surface area contributed by atoms with Crippen LogP contribution >= 0.6 is 11.6 Å². The molecule has 1 atom stereocenters. The van der Waals surface area contributed by atoms with Crippen molar-refractivity contribution in [1.82, 2.24) is 4.72 Å². The first kappa shape index (κ1) is 13.5. The third kappa shape index (κ3) is 3.47. The lowest BCUT2D eigenvalue weighted by atomic mass is 10.2. The van der Waals surface area contributed by atoms with Gasteiger partial charge in [-0.3, -0.25) is 0 Å². The number of hydrogen-bond donors (Lipinski definition) is 1. The molecule has 5 heteroatoms. The first-order chi connectivity index (χ1) is 7.33. The van der Waals surface area contributed by atoms with E-state index in [1.165, 1.54) is 0 Å². The lowest BCUT2D eigenvalue weighted by Gasteiger charge is -2.10. The largest absolute Gasteiger partial charge is 0.240 e. The Labute approximate surface area is 102 Å². The molecule has 0 heterocycles. The average molecular weight is 262 g/mol. The number of aryl methyl sites for hydroxylation is 2. The molecule has 1 unspecified atom stereocenters. The van der Waals surface area contributed by atoms with Gasteiger partial charge in [0, 0.05) is 11.9 Å². The van der Waals surface area contributed by atoms with Crippen LogP contribution in [0.3, 0.4) is 0 Å². The van der Waals surface area contributed by atoms with Gasteiger partial charge in [0.2, 0.25) is 10.0 Å². The fourth-order valence-electron chi connectivity index (χ4n) is 1.30. The van der Waals surface area contributed by atoms with E-state index in [-0.39, 0.29) is 11.9 Å². The average Bonchev–Trinajstić information content (AvgIpc) is 2.19. The number of sulfonamides is 1. The molecule has 1 N–H and O–H groups in total. The molecule has 16 heavy (non-hydrogen) atoms. The third-order valence-electron chi connectivity index (χ3n) is 2.19. The second-order valence-electron chi connectivity index (χ2n) is 3.90. The summed E-state index contributed by atoms with van der Waals surface area (Å²) in [6.45, 7) is 5.62. The fraction of sp³-hybridized carbons (Fsp3) is 0.455. The maximum absolute atomic E-state index is 11.9. The van der Waals surface area contributed by atoms with Crippen LogP contribution in [0.4, 0.5) is 0 Å². The SMILES string of the molecule is Cc1ccc(C)c(S(=O)(=O)NCC(C)Cl)c1. The predicted molar refractivity (Wildman–Crippen MR) is 66.4 cm³/mol. The summed E-state index contributed by atoms with van der Waals surface area (Å²) in [4.78, 5) is 0.324. The van der Waals surface area contributed by atoms with Crippen LogP contribution in [0.2, 0.25) is 0 Å². The smallest absolute Gasteiger partial charge is 0.210 e. The predicted octanol–water partition coefficient (Wildman–Crippen LogP) is 2.21. The highest BCUT2D eigenvalue weighted by Crippen LogP contribution is 2.16. The van der Waals surface area contributed by atoms with Crippen molar-refractivity contribution in [2.45, 2.75) is 31.0 Å². The van der Waals surface area contributed by atoms with Crippen molar-refractivity contribution in [2.75, 3.05) is 6.54 Å². The zero-order valence-corrected chi connectivity index (χ0v) is 11.2. The maximum atomic E-state index is 11.9. The standard InChI is InChI=1S/C11H16ClNO2S/c1-8-4-5-9(2)11(6-8)16(14,15)13-7-10(3)12/h4-6,10,13H,7H2,1-3H3. The monoisotopic (exact) mass is 261 g/mol. The summed E-state index contributed by atoms with van der Waals surface area (Å²) in [7, 11) is -3.44. The molecule has 90 valence electrons. The van der Waals surface area contributed by atoms with E-state index < -0.39 is 10.0 Å². The molecule has 0 aliphatic carbocycles. The Hall–Kier alpha value is -0.580. The van der Waals surface area contributed by atoms with Crippen molar-refractivity contribution in [3.63, 3.8) is 0 Å². The summed E-state index contributed by atoms with van der Waals surface area (Å²) < 4.78 is 26.4. The molecule has 0 saturated heterocycles. The Morgan fingerprint density at radius 2 is 2.00 bits per heavy atom. The van der Waals surface area contributed by atoms with Crippen LogP contribution in [-0.4, -0.2) is 20.3 Å². The molecule has 0 fully saturated rings. The summed E-state index contributed by atoms with van der Waals surface area (Å²) >= 11 is 5.72. The molecule has 0 aliphatic rings. The lowest BCUT2D eigenvalue weighted by molar-refractivity contribution is 0.580. The van der Waals surface area contributed by atoms with Gasteiger partial charge in [0.1, 0.15) is 0 Å². The minimum Gasteiger partial charge on any atom is -0.210 e. The highest BCUT2D eigenvalue weighted by atomic mass is 35.5. The van der Waals surface area contributed by atoms with Gasteiger partial charge in [-0.25, -0.2) is 13.1 Å². The molecule has 0 bridgehead atoms. The van der Waals surface area contributed by atoms with Crippen molar-refractivity contribution in [3.05, 3.63) is 29.3 Å². The van der Waals surface area contributed by atoms with Crippen LogP contribution in [0.5, 0.6) is 0 Å². The topological polar surface area (TPSA) is 46.2 Å². The molecule has 3 nitrogen and oxygen atoms in total. The number of rotatable bonds is 4. The minimum absolute atomic E-state index is 0.222. The fourth-order valence-corrected chi connectivity index (χ4v) is 2.93. The van der Waals surface area contributed by atoms with Crippen LogP contribution in [0.15, 0.2) is 23.1 Å². The van der Waals surface area contributed by atoms with Gasteiger partial charge in [-0.1, -0.05) is 12.1 Å². The molecule has 1 aromatic rings. The second kappa shape index (κ2) is 5.17. The summed E-state index contributed by atoms with van der Waals surface area (Å²) in [5.41, 5.74) is 1.66. The third-order valence-corrected chi connectivity index (χ3v) is 3.91. The van der Waals surface area contributed by atoms with Crippen LogP contribution in [-0.2, 0) is 10.0 Å². The highest BCUT2D eigenvalue weighted by molar-refractivity contribution is 7.89. The van der Waals surface area contributed by atoms with Crippen LogP contribution in [0, 0.1) is 13.8 Å². The summed E-state index contributed by atoms with van der Waals surface area (Å²) in [6, 6.07) is 5.35. The Bertz CT molecular complexity index is 469. The van der Waals surface area contributed by atoms with Gasteiger partial charge >= 0.3 is 0 Å². The molecule has 1 rings (SSSR count). The van der Waals surface area contributed by atoms with E-state index in [0.717, 1.165) is 11.1 Å².